The zero-order chi connectivity index (χ0) is 16.7. The van der Waals surface area contributed by atoms with Crippen molar-refractivity contribution >= 4 is 22.8 Å². The van der Waals surface area contributed by atoms with Crippen molar-refractivity contribution in [3.8, 4) is 5.75 Å². The molecule has 0 saturated heterocycles. The number of methoxy groups -OCH3 is 1. The van der Waals surface area contributed by atoms with Crippen LogP contribution in [-0.2, 0) is 4.79 Å². The average Bonchev–Trinajstić information content (AvgIpc) is 2.52. The van der Waals surface area contributed by atoms with Gasteiger partial charge in [0.05, 0.1) is 18.8 Å². The Bertz CT molecular complexity index is 538. The Morgan fingerprint density at radius 1 is 1.41 bits per heavy atom. The van der Waals surface area contributed by atoms with Crippen LogP contribution in [0.1, 0.15) is 35.4 Å². The number of thioether (sulfide) groups is 1. The Hall–Kier alpha value is -1.61. The summed E-state index contributed by atoms with van der Waals surface area (Å²) in [6, 6.07) is 4.50. The van der Waals surface area contributed by atoms with Gasteiger partial charge in [0, 0.05) is 12.7 Å². The third-order valence-corrected chi connectivity index (χ3v) is 3.88. The van der Waals surface area contributed by atoms with E-state index in [-0.39, 0.29) is 22.7 Å². The molecule has 0 spiro atoms. The summed E-state index contributed by atoms with van der Waals surface area (Å²) in [6.45, 7) is 1.43. The molecule has 0 heterocycles. The SMILES string of the molecule is COc1ccc(C(O)C(O)CCSC(C)=O)c(C(=O)NN)c1. The van der Waals surface area contributed by atoms with Crippen LogP contribution in [0.5, 0.6) is 5.75 Å². The Morgan fingerprint density at radius 3 is 2.64 bits per heavy atom. The summed E-state index contributed by atoms with van der Waals surface area (Å²) in [4.78, 5) is 22.7. The van der Waals surface area contributed by atoms with Crippen molar-refractivity contribution in [3.63, 3.8) is 0 Å². The molecular formula is C14H20N2O5S. The second-order valence-corrected chi connectivity index (χ2v) is 5.84. The maximum absolute atomic E-state index is 11.8. The summed E-state index contributed by atoms with van der Waals surface area (Å²) in [6.07, 6.45) is -2.17. The van der Waals surface area contributed by atoms with Crippen molar-refractivity contribution < 1.29 is 24.5 Å². The van der Waals surface area contributed by atoms with Gasteiger partial charge in [-0.2, -0.15) is 0 Å². The normalized spacial score (nSPS) is 13.3. The van der Waals surface area contributed by atoms with Crippen LogP contribution in [0.25, 0.3) is 0 Å². The van der Waals surface area contributed by atoms with Gasteiger partial charge in [-0.1, -0.05) is 17.8 Å². The zero-order valence-electron chi connectivity index (χ0n) is 12.4. The Labute approximate surface area is 132 Å². The topological polar surface area (TPSA) is 122 Å². The fourth-order valence-electron chi connectivity index (χ4n) is 1.88. The van der Waals surface area contributed by atoms with Crippen molar-refractivity contribution in [2.45, 2.75) is 25.6 Å². The molecule has 2 atom stereocenters. The highest BCUT2D eigenvalue weighted by atomic mass is 32.2. The quantitative estimate of drug-likeness (QED) is 0.324. The molecule has 0 radical (unpaired) electrons. The molecule has 1 amide bonds. The van der Waals surface area contributed by atoms with Crippen molar-refractivity contribution in [2.24, 2.45) is 5.84 Å². The molecule has 0 aromatic heterocycles. The molecule has 1 rings (SSSR count). The van der Waals surface area contributed by atoms with Gasteiger partial charge in [0.25, 0.3) is 5.91 Å². The zero-order valence-corrected chi connectivity index (χ0v) is 13.2. The second-order valence-electron chi connectivity index (χ2n) is 4.57. The number of nitrogen functional groups attached to an aromatic ring is 1. The monoisotopic (exact) mass is 328 g/mol. The van der Waals surface area contributed by atoms with Crippen molar-refractivity contribution in [3.05, 3.63) is 29.3 Å². The third kappa shape index (κ3) is 4.99. The number of carbonyl (C=O) groups is 2. The first-order chi connectivity index (χ1) is 10.4. The predicted molar refractivity (Wildman–Crippen MR) is 83.4 cm³/mol. The van der Waals surface area contributed by atoms with Gasteiger partial charge in [0.2, 0.25) is 0 Å². The molecule has 22 heavy (non-hydrogen) atoms. The fourth-order valence-corrected chi connectivity index (χ4v) is 2.53. The molecule has 0 bridgehead atoms. The number of hydrazine groups is 1. The molecule has 5 N–H and O–H groups in total. The Kier molecular flexibility index (Phi) is 7.33. The first kappa shape index (κ1) is 18.4. The van der Waals surface area contributed by atoms with E-state index in [1.165, 1.54) is 26.2 Å². The molecule has 0 saturated carbocycles. The molecule has 0 aliphatic rings. The van der Waals surface area contributed by atoms with E-state index in [9.17, 15) is 19.8 Å². The highest BCUT2D eigenvalue weighted by Crippen LogP contribution is 2.27. The van der Waals surface area contributed by atoms with E-state index in [2.05, 4.69) is 0 Å². The number of rotatable bonds is 7. The summed E-state index contributed by atoms with van der Waals surface area (Å²) < 4.78 is 5.03. The number of nitrogens with two attached hydrogens (primary N) is 1. The summed E-state index contributed by atoms with van der Waals surface area (Å²) in [5.74, 6) is 5.33. The summed E-state index contributed by atoms with van der Waals surface area (Å²) >= 11 is 1.06. The molecule has 2 unspecified atom stereocenters. The first-order valence-corrected chi connectivity index (χ1v) is 7.57. The van der Waals surface area contributed by atoms with Crippen molar-refractivity contribution in [1.29, 1.82) is 0 Å². The van der Waals surface area contributed by atoms with Gasteiger partial charge in [0.1, 0.15) is 11.9 Å². The molecule has 0 aliphatic carbocycles. The number of benzene rings is 1. The maximum atomic E-state index is 11.8. The lowest BCUT2D eigenvalue weighted by Crippen LogP contribution is -2.32. The van der Waals surface area contributed by atoms with Gasteiger partial charge in [0.15, 0.2) is 5.12 Å². The molecule has 0 fully saturated rings. The first-order valence-electron chi connectivity index (χ1n) is 6.59. The third-order valence-electron chi connectivity index (χ3n) is 3.04. The van der Waals surface area contributed by atoms with Crippen LogP contribution >= 0.6 is 11.8 Å². The maximum Gasteiger partial charge on any atom is 0.265 e. The number of aliphatic hydroxyl groups is 2. The number of amides is 1. The minimum atomic E-state index is -1.27. The Balaban J connectivity index is 2.93. The number of hydrogen-bond acceptors (Lipinski definition) is 7. The van der Waals surface area contributed by atoms with Crippen LogP contribution in [0.4, 0.5) is 0 Å². The van der Waals surface area contributed by atoms with Crippen LogP contribution in [0, 0.1) is 0 Å². The van der Waals surface area contributed by atoms with Gasteiger partial charge >= 0.3 is 0 Å². The van der Waals surface area contributed by atoms with Crippen LogP contribution in [0.3, 0.4) is 0 Å². The molecule has 0 aliphatic heterocycles. The highest BCUT2D eigenvalue weighted by molar-refractivity contribution is 8.13. The van der Waals surface area contributed by atoms with E-state index in [0.717, 1.165) is 11.8 Å². The van der Waals surface area contributed by atoms with Crippen LogP contribution < -0.4 is 16.0 Å². The van der Waals surface area contributed by atoms with Gasteiger partial charge in [-0.05, 0) is 24.1 Å². The average molecular weight is 328 g/mol. The highest BCUT2D eigenvalue weighted by Gasteiger charge is 2.24. The number of ether oxygens (including phenoxy) is 1. The van der Waals surface area contributed by atoms with Crippen LogP contribution in [0.2, 0.25) is 0 Å². The van der Waals surface area contributed by atoms with Crippen molar-refractivity contribution in [2.75, 3.05) is 12.9 Å². The van der Waals surface area contributed by atoms with E-state index in [0.29, 0.717) is 11.5 Å². The lowest BCUT2D eigenvalue weighted by atomic mass is 9.96. The fraction of sp³-hybridized carbons (Fsp3) is 0.429. The van der Waals surface area contributed by atoms with E-state index in [4.69, 9.17) is 10.6 Å². The van der Waals surface area contributed by atoms with Gasteiger partial charge in [-0.3, -0.25) is 15.0 Å². The van der Waals surface area contributed by atoms with Gasteiger partial charge in [-0.15, -0.1) is 0 Å². The van der Waals surface area contributed by atoms with E-state index in [1.54, 1.807) is 6.07 Å². The minimum Gasteiger partial charge on any atom is -0.497 e. The van der Waals surface area contributed by atoms with Gasteiger partial charge < -0.3 is 14.9 Å². The largest absolute Gasteiger partial charge is 0.497 e. The molecular weight excluding hydrogens is 308 g/mol. The smallest absolute Gasteiger partial charge is 0.265 e. The van der Waals surface area contributed by atoms with Crippen molar-refractivity contribution in [1.82, 2.24) is 5.43 Å². The number of hydrogen-bond donors (Lipinski definition) is 4. The lowest BCUT2D eigenvalue weighted by molar-refractivity contribution is -0.109. The molecule has 8 heteroatoms. The van der Waals surface area contributed by atoms with Crippen LogP contribution in [-0.4, -0.2) is 40.2 Å². The standard InChI is InChI=1S/C14H20N2O5S/c1-8(17)22-6-5-12(18)13(19)10-4-3-9(21-2)7-11(10)14(20)16-15/h3-4,7,12-13,18-19H,5-6,15H2,1-2H3,(H,16,20). The number of aliphatic hydroxyl groups excluding tert-OH is 2. The molecule has 1 aromatic carbocycles. The lowest BCUT2D eigenvalue weighted by Gasteiger charge is -2.20. The number of carbonyl (C=O) groups excluding carboxylic acids is 2. The van der Waals surface area contributed by atoms with E-state index in [1.807, 2.05) is 5.43 Å². The van der Waals surface area contributed by atoms with Crippen LogP contribution in [0.15, 0.2) is 18.2 Å². The summed E-state index contributed by atoms with van der Waals surface area (Å²) in [7, 11) is 1.45. The number of nitrogens with one attached hydrogen (secondary N) is 1. The molecule has 1 aromatic rings. The minimum absolute atomic E-state index is 0.0608. The van der Waals surface area contributed by atoms with E-state index >= 15 is 0 Å². The summed E-state index contributed by atoms with van der Waals surface area (Å²) in [5, 5.41) is 20.2. The predicted octanol–water partition coefficient (Wildman–Crippen LogP) is 0.363. The Morgan fingerprint density at radius 2 is 2.09 bits per heavy atom. The second kappa shape index (κ2) is 8.74. The molecule has 7 nitrogen and oxygen atoms in total. The van der Waals surface area contributed by atoms with E-state index < -0.39 is 18.1 Å². The summed E-state index contributed by atoms with van der Waals surface area (Å²) in [5.41, 5.74) is 2.35. The molecule has 122 valence electrons. The van der Waals surface area contributed by atoms with Gasteiger partial charge in [-0.25, -0.2) is 5.84 Å².